The lowest BCUT2D eigenvalue weighted by atomic mass is 10.1. The molecule has 0 saturated carbocycles. The van der Waals surface area contributed by atoms with Gasteiger partial charge in [-0.1, -0.05) is 60.1 Å². The monoisotopic (exact) mass is 411 g/mol. The van der Waals surface area contributed by atoms with Gasteiger partial charge in [0, 0.05) is 16.0 Å². The Balaban J connectivity index is 1.85. The van der Waals surface area contributed by atoms with E-state index in [9.17, 15) is 9.59 Å². The normalized spacial score (nSPS) is 10.8. The molecule has 0 radical (unpaired) electrons. The van der Waals surface area contributed by atoms with E-state index in [1.54, 1.807) is 25.1 Å². The van der Waals surface area contributed by atoms with E-state index in [0.717, 1.165) is 16.0 Å². The molecule has 2 aromatic carbocycles. The molecule has 3 rings (SSSR count). The zero-order valence-corrected chi connectivity index (χ0v) is 16.7. The minimum atomic E-state index is -0.466. The van der Waals surface area contributed by atoms with Gasteiger partial charge in [-0.3, -0.25) is 4.79 Å². The highest BCUT2D eigenvalue weighted by molar-refractivity contribution is 7.20. The van der Waals surface area contributed by atoms with Gasteiger partial charge in [0.05, 0.1) is 12.2 Å². The third kappa shape index (κ3) is 4.88. The number of halogens is 1. The standard InChI is InChI=1S/C22H18ClNO3S/c1-2-27-22(26)17-14-19(16-9-4-3-5-10-16)28-21(17)24-20(25)13-12-15-8-6-7-11-18(15)23/h3-14H,2H2,1H3,(H,24,25). The molecule has 0 fully saturated rings. The molecule has 1 N–H and O–H groups in total. The topological polar surface area (TPSA) is 55.4 Å². The highest BCUT2D eigenvalue weighted by Crippen LogP contribution is 2.36. The summed E-state index contributed by atoms with van der Waals surface area (Å²) in [5.41, 5.74) is 2.04. The van der Waals surface area contributed by atoms with Crippen molar-refractivity contribution in [1.82, 2.24) is 0 Å². The number of benzene rings is 2. The Kier molecular flexibility index (Phi) is 6.63. The molecule has 0 saturated heterocycles. The first-order valence-electron chi connectivity index (χ1n) is 8.68. The zero-order chi connectivity index (χ0) is 19.9. The van der Waals surface area contributed by atoms with E-state index in [2.05, 4.69) is 5.32 Å². The average molecular weight is 412 g/mol. The minimum Gasteiger partial charge on any atom is -0.462 e. The summed E-state index contributed by atoms with van der Waals surface area (Å²) in [5.74, 6) is -0.821. The van der Waals surface area contributed by atoms with E-state index in [1.165, 1.54) is 17.4 Å². The molecule has 6 heteroatoms. The van der Waals surface area contributed by atoms with Gasteiger partial charge in [0.15, 0.2) is 0 Å². The second-order valence-electron chi connectivity index (χ2n) is 5.78. The van der Waals surface area contributed by atoms with Gasteiger partial charge in [0.2, 0.25) is 5.91 Å². The lowest BCUT2D eigenvalue weighted by Crippen LogP contribution is -2.11. The van der Waals surface area contributed by atoms with E-state index in [4.69, 9.17) is 16.3 Å². The van der Waals surface area contributed by atoms with Crippen LogP contribution in [0.15, 0.2) is 66.7 Å². The van der Waals surface area contributed by atoms with Crippen LogP contribution in [0.25, 0.3) is 16.5 Å². The Morgan fingerprint density at radius 2 is 1.82 bits per heavy atom. The number of thiophene rings is 1. The molecule has 28 heavy (non-hydrogen) atoms. The van der Waals surface area contributed by atoms with Crippen molar-refractivity contribution in [2.45, 2.75) is 6.92 Å². The highest BCUT2D eigenvalue weighted by Gasteiger charge is 2.19. The average Bonchev–Trinajstić information content (AvgIpc) is 3.12. The van der Waals surface area contributed by atoms with E-state index < -0.39 is 5.97 Å². The summed E-state index contributed by atoms with van der Waals surface area (Å²) in [6, 6.07) is 18.6. The molecule has 0 aliphatic carbocycles. The Bertz CT molecular complexity index is 1010. The number of nitrogens with one attached hydrogen (secondary N) is 1. The number of hydrogen-bond donors (Lipinski definition) is 1. The quantitative estimate of drug-likeness (QED) is 0.406. The van der Waals surface area contributed by atoms with Crippen molar-refractivity contribution in [1.29, 1.82) is 0 Å². The Labute approximate surface area is 172 Å². The van der Waals surface area contributed by atoms with Gasteiger partial charge >= 0.3 is 5.97 Å². The molecule has 0 atom stereocenters. The highest BCUT2D eigenvalue weighted by atomic mass is 35.5. The molecule has 1 heterocycles. The maximum Gasteiger partial charge on any atom is 0.341 e. The van der Waals surface area contributed by atoms with Crippen LogP contribution in [0.1, 0.15) is 22.8 Å². The first-order chi connectivity index (χ1) is 13.6. The molecule has 142 valence electrons. The number of ether oxygens (including phenoxy) is 1. The lowest BCUT2D eigenvalue weighted by molar-refractivity contribution is -0.111. The van der Waals surface area contributed by atoms with Crippen LogP contribution in [0, 0.1) is 0 Å². The van der Waals surface area contributed by atoms with E-state index in [0.29, 0.717) is 15.6 Å². The number of carbonyl (C=O) groups is 2. The fourth-order valence-corrected chi connectivity index (χ4v) is 3.77. The van der Waals surface area contributed by atoms with Crippen LogP contribution in [-0.2, 0) is 9.53 Å². The summed E-state index contributed by atoms with van der Waals surface area (Å²) in [6.07, 6.45) is 3.02. The fraction of sp³-hybridized carbons (Fsp3) is 0.0909. The molecule has 1 aromatic heterocycles. The van der Waals surface area contributed by atoms with Crippen LogP contribution >= 0.6 is 22.9 Å². The summed E-state index contributed by atoms with van der Waals surface area (Å²) in [5, 5.41) is 3.79. The fourth-order valence-electron chi connectivity index (χ4n) is 2.52. The van der Waals surface area contributed by atoms with Gasteiger partial charge in [-0.25, -0.2) is 4.79 Å². The largest absolute Gasteiger partial charge is 0.462 e. The Hall–Kier alpha value is -2.89. The van der Waals surface area contributed by atoms with Crippen molar-refractivity contribution < 1.29 is 14.3 Å². The van der Waals surface area contributed by atoms with Crippen molar-refractivity contribution in [3.8, 4) is 10.4 Å². The van der Waals surface area contributed by atoms with Gasteiger partial charge in [-0.05, 0) is 36.3 Å². The molecule has 3 aromatic rings. The summed E-state index contributed by atoms with van der Waals surface area (Å²) < 4.78 is 5.13. The third-order valence-electron chi connectivity index (χ3n) is 3.84. The number of carbonyl (C=O) groups excluding carboxylic acids is 2. The van der Waals surface area contributed by atoms with Gasteiger partial charge in [0.1, 0.15) is 5.00 Å². The van der Waals surface area contributed by atoms with Crippen LogP contribution in [0.4, 0.5) is 5.00 Å². The first kappa shape index (κ1) is 19.9. The van der Waals surface area contributed by atoms with Crippen LogP contribution in [0.3, 0.4) is 0 Å². The number of rotatable bonds is 6. The second-order valence-corrected chi connectivity index (χ2v) is 7.24. The van der Waals surface area contributed by atoms with Crippen molar-refractivity contribution in [2.24, 2.45) is 0 Å². The van der Waals surface area contributed by atoms with Crippen molar-refractivity contribution in [2.75, 3.05) is 11.9 Å². The predicted molar refractivity (Wildman–Crippen MR) is 115 cm³/mol. The van der Waals surface area contributed by atoms with Gasteiger partial charge in [0.25, 0.3) is 0 Å². The smallest absolute Gasteiger partial charge is 0.341 e. The van der Waals surface area contributed by atoms with Gasteiger partial charge in [-0.15, -0.1) is 11.3 Å². The molecule has 0 aliphatic heterocycles. The maximum absolute atomic E-state index is 12.4. The summed E-state index contributed by atoms with van der Waals surface area (Å²) in [7, 11) is 0. The predicted octanol–water partition coefficient (Wildman–Crippen LogP) is 5.90. The summed E-state index contributed by atoms with van der Waals surface area (Å²) >= 11 is 7.43. The van der Waals surface area contributed by atoms with Crippen LogP contribution in [0.5, 0.6) is 0 Å². The zero-order valence-electron chi connectivity index (χ0n) is 15.1. The number of esters is 1. The molecule has 0 bridgehead atoms. The van der Waals surface area contributed by atoms with Crippen LogP contribution in [-0.4, -0.2) is 18.5 Å². The van der Waals surface area contributed by atoms with Gasteiger partial charge < -0.3 is 10.1 Å². The maximum atomic E-state index is 12.4. The van der Waals surface area contributed by atoms with E-state index in [1.807, 2.05) is 48.5 Å². The van der Waals surface area contributed by atoms with Crippen molar-refractivity contribution >= 4 is 45.9 Å². The number of anilines is 1. The lowest BCUT2D eigenvalue weighted by Gasteiger charge is -2.04. The molecule has 1 amide bonds. The summed E-state index contributed by atoms with van der Waals surface area (Å²) in [4.78, 5) is 25.6. The first-order valence-corrected chi connectivity index (χ1v) is 9.88. The van der Waals surface area contributed by atoms with Crippen LogP contribution < -0.4 is 5.32 Å². The van der Waals surface area contributed by atoms with Gasteiger partial charge in [-0.2, -0.15) is 0 Å². The second kappa shape index (κ2) is 9.35. The van der Waals surface area contributed by atoms with Crippen LogP contribution in [0.2, 0.25) is 5.02 Å². The molecule has 0 spiro atoms. The number of hydrogen-bond acceptors (Lipinski definition) is 4. The van der Waals surface area contributed by atoms with Crippen molar-refractivity contribution in [3.63, 3.8) is 0 Å². The SMILES string of the molecule is CCOC(=O)c1cc(-c2ccccc2)sc1NC(=O)C=Cc1ccccc1Cl. The molecule has 4 nitrogen and oxygen atoms in total. The molecule has 0 unspecified atom stereocenters. The molecule has 0 aliphatic rings. The van der Waals surface area contributed by atoms with E-state index in [-0.39, 0.29) is 12.5 Å². The van der Waals surface area contributed by atoms with E-state index >= 15 is 0 Å². The Morgan fingerprint density at radius 1 is 1.11 bits per heavy atom. The Morgan fingerprint density at radius 3 is 2.54 bits per heavy atom. The third-order valence-corrected chi connectivity index (χ3v) is 5.29. The summed E-state index contributed by atoms with van der Waals surface area (Å²) in [6.45, 7) is 2.00. The van der Waals surface area contributed by atoms with Crippen molar-refractivity contribution in [3.05, 3.63) is 82.9 Å². The minimum absolute atomic E-state index is 0.259. The molecular formula is C22H18ClNO3S. The number of amides is 1. The molecular weight excluding hydrogens is 394 g/mol.